The van der Waals surface area contributed by atoms with Crippen molar-refractivity contribution in [1.82, 2.24) is 4.90 Å². The fraction of sp³-hybridized carbons (Fsp3) is 0.429. The number of carbonyl (C=O) groups is 2. The van der Waals surface area contributed by atoms with Gasteiger partial charge in [-0.25, -0.2) is 4.39 Å². The number of morpholine rings is 1. The van der Waals surface area contributed by atoms with Crippen LogP contribution < -0.4 is 5.32 Å². The Balaban J connectivity index is 1.95. The number of likely N-dealkylation sites (N-methyl/N-ethyl adjacent to an activating group) is 1. The number of hydrogen-bond donors (Lipinski definition) is 1. The lowest BCUT2D eigenvalue weighted by Crippen LogP contribution is -2.48. The number of nitrogens with one attached hydrogen (secondary N) is 1. The van der Waals surface area contributed by atoms with Crippen LogP contribution in [0.5, 0.6) is 0 Å². The molecule has 1 aromatic rings. The van der Waals surface area contributed by atoms with Gasteiger partial charge in [-0.15, -0.1) is 0 Å². The third kappa shape index (κ3) is 3.92. The van der Waals surface area contributed by atoms with E-state index in [0.29, 0.717) is 25.4 Å². The van der Waals surface area contributed by atoms with Crippen molar-refractivity contribution in [2.24, 2.45) is 0 Å². The number of nitrogens with zero attached hydrogens (tertiary/aromatic N) is 1. The predicted octanol–water partition coefficient (Wildman–Crippen LogP) is 2.05. The standard InChI is InChI=1S/C14H16ClFN2O3/c1-2-18-5-6-21-12(14(18)20)8-13(19)17-9-3-4-11(16)10(15)7-9/h3-4,7,12H,2,5-6,8H2,1H3,(H,17,19). The lowest BCUT2D eigenvalue weighted by atomic mass is 10.1. The largest absolute Gasteiger partial charge is 0.366 e. The molecule has 0 spiro atoms. The highest BCUT2D eigenvalue weighted by Crippen LogP contribution is 2.20. The van der Waals surface area contributed by atoms with Gasteiger partial charge in [-0.2, -0.15) is 0 Å². The molecule has 1 saturated heterocycles. The Kier molecular flexibility index (Phi) is 5.14. The smallest absolute Gasteiger partial charge is 0.252 e. The van der Waals surface area contributed by atoms with Crippen LogP contribution in [0.2, 0.25) is 5.02 Å². The highest BCUT2D eigenvalue weighted by molar-refractivity contribution is 6.31. The van der Waals surface area contributed by atoms with Crippen LogP contribution >= 0.6 is 11.6 Å². The van der Waals surface area contributed by atoms with Gasteiger partial charge in [-0.1, -0.05) is 11.6 Å². The van der Waals surface area contributed by atoms with Gasteiger partial charge in [0.05, 0.1) is 18.1 Å². The van der Waals surface area contributed by atoms with Crippen LogP contribution in [-0.4, -0.2) is 42.5 Å². The van der Waals surface area contributed by atoms with Crippen LogP contribution in [0.15, 0.2) is 18.2 Å². The van der Waals surface area contributed by atoms with Crippen molar-refractivity contribution in [3.63, 3.8) is 0 Å². The van der Waals surface area contributed by atoms with E-state index in [2.05, 4.69) is 5.32 Å². The SMILES string of the molecule is CCN1CCOC(CC(=O)Nc2ccc(F)c(Cl)c2)C1=O. The highest BCUT2D eigenvalue weighted by atomic mass is 35.5. The minimum atomic E-state index is -0.769. The number of rotatable bonds is 4. The molecule has 2 amide bonds. The Hall–Kier alpha value is -1.66. The van der Waals surface area contributed by atoms with Crippen LogP contribution in [0.25, 0.3) is 0 Å². The first-order valence-electron chi connectivity index (χ1n) is 6.66. The van der Waals surface area contributed by atoms with Gasteiger partial charge >= 0.3 is 0 Å². The molecule has 1 unspecified atom stereocenters. The van der Waals surface area contributed by atoms with Gasteiger partial charge in [0.2, 0.25) is 5.91 Å². The molecule has 1 aliphatic heterocycles. The van der Waals surface area contributed by atoms with Crippen LogP contribution in [0.1, 0.15) is 13.3 Å². The number of halogens is 2. The molecule has 1 N–H and O–H groups in total. The lowest BCUT2D eigenvalue weighted by molar-refractivity contribution is -0.154. The number of amides is 2. The monoisotopic (exact) mass is 314 g/mol. The van der Waals surface area contributed by atoms with Crippen LogP contribution in [0.4, 0.5) is 10.1 Å². The summed E-state index contributed by atoms with van der Waals surface area (Å²) in [6.45, 7) is 3.43. The van der Waals surface area contributed by atoms with Gasteiger partial charge in [-0.05, 0) is 25.1 Å². The molecule has 1 heterocycles. The molecule has 0 saturated carbocycles. The topological polar surface area (TPSA) is 58.6 Å². The molecule has 21 heavy (non-hydrogen) atoms. The molecule has 1 atom stereocenters. The maximum atomic E-state index is 13.0. The van der Waals surface area contributed by atoms with Crippen molar-refractivity contribution < 1.29 is 18.7 Å². The van der Waals surface area contributed by atoms with E-state index in [1.165, 1.54) is 18.2 Å². The zero-order valence-electron chi connectivity index (χ0n) is 11.6. The number of hydrogen-bond acceptors (Lipinski definition) is 3. The van der Waals surface area contributed by atoms with E-state index in [4.69, 9.17) is 16.3 Å². The molecule has 2 rings (SSSR count). The van der Waals surface area contributed by atoms with Crippen LogP contribution in [0, 0.1) is 5.82 Å². The molecule has 1 aliphatic rings. The third-order valence-electron chi connectivity index (χ3n) is 3.22. The van der Waals surface area contributed by atoms with Crippen molar-refractivity contribution in [2.75, 3.05) is 25.0 Å². The Morgan fingerprint density at radius 1 is 1.57 bits per heavy atom. The molecule has 7 heteroatoms. The van der Waals surface area contributed by atoms with E-state index < -0.39 is 11.9 Å². The summed E-state index contributed by atoms with van der Waals surface area (Å²) in [5, 5.41) is 2.50. The fourth-order valence-electron chi connectivity index (χ4n) is 2.10. The first-order chi connectivity index (χ1) is 10.0. The Labute approximate surface area is 127 Å². The second-order valence-corrected chi connectivity index (χ2v) is 5.07. The second kappa shape index (κ2) is 6.87. The third-order valence-corrected chi connectivity index (χ3v) is 3.51. The Morgan fingerprint density at radius 2 is 2.33 bits per heavy atom. The summed E-state index contributed by atoms with van der Waals surface area (Å²) in [7, 11) is 0. The van der Waals surface area contributed by atoms with Gasteiger partial charge in [0.1, 0.15) is 11.9 Å². The number of anilines is 1. The molecule has 0 aliphatic carbocycles. The predicted molar refractivity (Wildman–Crippen MR) is 76.7 cm³/mol. The molecule has 1 fully saturated rings. The summed E-state index contributed by atoms with van der Waals surface area (Å²) < 4.78 is 18.4. The average Bonchev–Trinajstić information content (AvgIpc) is 2.45. The zero-order chi connectivity index (χ0) is 15.4. The number of benzene rings is 1. The first kappa shape index (κ1) is 15.7. The second-order valence-electron chi connectivity index (χ2n) is 4.66. The summed E-state index contributed by atoms with van der Waals surface area (Å²) in [6.07, 6.45) is -0.848. The number of carbonyl (C=O) groups excluding carboxylic acids is 2. The first-order valence-corrected chi connectivity index (χ1v) is 7.04. The minimum Gasteiger partial charge on any atom is -0.366 e. The summed E-state index contributed by atoms with van der Waals surface area (Å²) >= 11 is 5.64. The lowest BCUT2D eigenvalue weighted by Gasteiger charge is -2.31. The zero-order valence-corrected chi connectivity index (χ0v) is 12.3. The summed E-state index contributed by atoms with van der Waals surface area (Å²) in [6, 6.07) is 3.89. The molecular weight excluding hydrogens is 299 g/mol. The molecule has 5 nitrogen and oxygen atoms in total. The molecule has 114 valence electrons. The van der Waals surface area contributed by atoms with E-state index in [1.54, 1.807) is 4.90 Å². The maximum Gasteiger partial charge on any atom is 0.252 e. The van der Waals surface area contributed by atoms with E-state index in [-0.39, 0.29) is 23.3 Å². The normalized spacial score (nSPS) is 18.7. The van der Waals surface area contributed by atoms with E-state index in [0.717, 1.165) is 0 Å². The van der Waals surface area contributed by atoms with Gasteiger partial charge in [0.15, 0.2) is 0 Å². The van der Waals surface area contributed by atoms with E-state index in [9.17, 15) is 14.0 Å². The minimum absolute atomic E-state index is 0.0741. The van der Waals surface area contributed by atoms with E-state index >= 15 is 0 Å². The Bertz CT molecular complexity index is 553. The van der Waals surface area contributed by atoms with Crippen LogP contribution in [0.3, 0.4) is 0 Å². The Morgan fingerprint density at radius 3 is 3.00 bits per heavy atom. The van der Waals surface area contributed by atoms with Gasteiger partial charge < -0.3 is 15.0 Å². The highest BCUT2D eigenvalue weighted by Gasteiger charge is 2.30. The average molecular weight is 315 g/mol. The van der Waals surface area contributed by atoms with Crippen molar-refractivity contribution in [3.05, 3.63) is 29.0 Å². The molecule has 0 radical (unpaired) electrons. The molecule has 0 aromatic heterocycles. The fourth-order valence-corrected chi connectivity index (χ4v) is 2.29. The van der Waals surface area contributed by atoms with Crippen LogP contribution in [-0.2, 0) is 14.3 Å². The molecular formula is C14H16ClFN2O3. The molecule has 0 bridgehead atoms. The van der Waals surface area contributed by atoms with Gasteiger partial charge in [-0.3, -0.25) is 9.59 Å². The van der Waals surface area contributed by atoms with Crippen molar-refractivity contribution in [3.8, 4) is 0 Å². The quantitative estimate of drug-likeness (QED) is 0.925. The summed E-state index contributed by atoms with van der Waals surface area (Å²) in [5.41, 5.74) is 0.377. The van der Waals surface area contributed by atoms with Gasteiger partial charge in [0.25, 0.3) is 5.91 Å². The van der Waals surface area contributed by atoms with Crippen molar-refractivity contribution in [1.29, 1.82) is 0 Å². The van der Waals surface area contributed by atoms with Crippen molar-refractivity contribution >= 4 is 29.1 Å². The maximum absolute atomic E-state index is 13.0. The van der Waals surface area contributed by atoms with Crippen molar-refractivity contribution in [2.45, 2.75) is 19.4 Å². The van der Waals surface area contributed by atoms with Gasteiger partial charge in [0, 0.05) is 18.8 Å². The number of ether oxygens (including phenoxy) is 1. The molecule has 1 aromatic carbocycles. The van der Waals surface area contributed by atoms with E-state index in [1.807, 2.05) is 6.92 Å². The summed E-state index contributed by atoms with van der Waals surface area (Å²) in [4.78, 5) is 25.6. The summed E-state index contributed by atoms with van der Waals surface area (Å²) in [5.74, 6) is -1.12.